The molecule has 14 heavy (non-hydrogen) atoms. The van der Waals surface area contributed by atoms with Crippen molar-refractivity contribution in [3.8, 4) is 5.95 Å². The number of hydrogen-bond donors (Lipinski definition) is 1. The smallest absolute Gasteiger partial charge is 0.252 e. The van der Waals surface area contributed by atoms with Gasteiger partial charge in [0.15, 0.2) is 0 Å². The molecule has 0 radical (unpaired) electrons. The maximum atomic E-state index is 5.81. The Bertz CT molecular complexity index is 450. The third-order valence-corrected chi connectivity index (χ3v) is 2.74. The molecule has 0 aromatic carbocycles. The lowest BCUT2D eigenvalue weighted by Crippen LogP contribution is -2.05. The zero-order chi connectivity index (χ0) is 10.1. The molecule has 2 aromatic rings. The molecule has 0 aliphatic rings. The lowest BCUT2D eigenvalue weighted by molar-refractivity contribution is 0.805. The van der Waals surface area contributed by atoms with Crippen LogP contribution in [0.15, 0.2) is 22.9 Å². The molecule has 2 heterocycles. The average Bonchev–Trinajstić information content (AvgIpc) is 2.47. The molecule has 72 valence electrons. The van der Waals surface area contributed by atoms with Gasteiger partial charge in [0, 0.05) is 12.4 Å². The molecule has 0 unspecified atom stereocenters. The molecule has 0 saturated carbocycles. The van der Waals surface area contributed by atoms with Gasteiger partial charge in [-0.15, -0.1) is 0 Å². The molecular weight excluding hydrogens is 246 g/mol. The highest BCUT2D eigenvalue weighted by atomic mass is 79.9. The number of hydrogen-bond acceptors (Lipinski definition) is 4. The fraction of sp³-hybridized carbons (Fsp3) is 0.125. The molecule has 5 nitrogen and oxygen atoms in total. The minimum absolute atomic E-state index is 0.471. The minimum Gasteiger partial charge on any atom is -0.383 e. The summed E-state index contributed by atoms with van der Waals surface area (Å²) in [6.07, 6.45) is 3.29. The fourth-order valence-corrected chi connectivity index (χ4v) is 1.33. The normalized spacial score (nSPS) is 10.4. The van der Waals surface area contributed by atoms with Gasteiger partial charge >= 0.3 is 0 Å². The summed E-state index contributed by atoms with van der Waals surface area (Å²) in [6, 6.07) is 1.74. The summed E-state index contributed by atoms with van der Waals surface area (Å²) in [5.41, 5.74) is 6.62. The lowest BCUT2D eigenvalue weighted by atomic mass is 10.5. The van der Waals surface area contributed by atoms with Gasteiger partial charge in [-0.1, -0.05) is 0 Å². The molecule has 0 spiro atoms. The highest BCUT2D eigenvalue weighted by Gasteiger charge is 2.11. The van der Waals surface area contributed by atoms with Crippen LogP contribution in [0.5, 0.6) is 0 Å². The van der Waals surface area contributed by atoms with E-state index in [4.69, 9.17) is 5.73 Å². The Morgan fingerprint density at radius 2 is 2.00 bits per heavy atom. The molecule has 2 aromatic heterocycles. The molecule has 0 amide bonds. The van der Waals surface area contributed by atoms with Crippen LogP contribution in [0.1, 0.15) is 5.69 Å². The molecule has 0 aliphatic heterocycles. The maximum absolute atomic E-state index is 5.81. The Balaban J connectivity index is 2.58. The van der Waals surface area contributed by atoms with Crippen LogP contribution in [0, 0.1) is 6.92 Å². The second kappa shape index (κ2) is 3.38. The number of aromatic nitrogens is 4. The van der Waals surface area contributed by atoms with Gasteiger partial charge in [-0.05, 0) is 28.9 Å². The van der Waals surface area contributed by atoms with E-state index < -0.39 is 0 Å². The Morgan fingerprint density at radius 3 is 2.50 bits per heavy atom. The minimum atomic E-state index is 0.471. The van der Waals surface area contributed by atoms with Crippen LogP contribution in [0.3, 0.4) is 0 Å². The summed E-state index contributed by atoms with van der Waals surface area (Å²) in [7, 11) is 0. The summed E-state index contributed by atoms with van der Waals surface area (Å²) in [5, 5.41) is 4.20. The molecule has 0 atom stereocenters. The Morgan fingerprint density at radius 1 is 1.36 bits per heavy atom. The number of nitrogens with two attached hydrogens (primary N) is 1. The Labute approximate surface area is 89.1 Å². The first-order valence-corrected chi connectivity index (χ1v) is 4.77. The molecule has 0 saturated heterocycles. The van der Waals surface area contributed by atoms with Gasteiger partial charge in [-0.2, -0.15) is 9.78 Å². The summed E-state index contributed by atoms with van der Waals surface area (Å²) in [6.45, 7) is 1.86. The summed E-state index contributed by atoms with van der Waals surface area (Å²) in [4.78, 5) is 8.11. The highest BCUT2D eigenvalue weighted by molar-refractivity contribution is 9.10. The van der Waals surface area contributed by atoms with E-state index in [9.17, 15) is 0 Å². The number of nitrogen functional groups attached to an aromatic ring is 1. The molecule has 0 aliphatic carbocycles. The van der Waals surface area contributed by atoms with Crippen molar-refractivity contribution in [2.45, 2.75) is 6.92 Å². The van der Waals surface area contributed by atoms with E-state index in [2.05, 4.69) is 31.0 Å². The van der Waals surface area contributed by atoms with Gasteiger partial charge in [0.2, 0.25) is 0 Å². The van der Waals surface area contributed by atoms with Crippen LogP contribution in [-0.4, -0.2) is 19.7 Å². The van der Waals surface area contributed by atoms with Crippen molar-refractivity contribution in [3.63, 3.8) is 0 Å². The van der Waals surface area contributed by atoms with Gasteiger partial charge in [0.05, 0.1) is 10.2 Å². The van der Waals surface area contributed by atoms with Gasteiger partial charge < -0.3 is 5.73 Å². The lowest BCUT2D eigenvalue weighted by Gasteiger charge is -1.99. The first-order chi connectivity index (χ1) is 6.70. The summed E-state index contributed by atoms with van der Waals surface area (Å²) in [5.74, 6) is 0.979. The van der Waals surface area contributed by atoms with Gasteiger partial charge in [0.25, 0.3) is 5.95 Å². The first kappa shape index (κ1) is 9.14. The number of nitrogens with zero attached hydrogens (tertiary/aromatic N) is 4. The standard InChI is InChI=1S/C8H8BrN5/c1-5-6(9)7(10)14(13-5)8-11-3-2-4-12-8/h2-4H,10H2,1H3. The van der Waals surface area contributed by atoms with Crippen molar-refractivity contribution in [1.82, 2.24) is 19.7 Å². The molecule has 0 fully saturated rings. The predicted molar refractivity (Wildman–Crippen MR) is 56.0 cm³/mol. The van der Waals surface area contributed by atoms with Crippen LogP contribution in [0.25, 0.3) is 5.95 Å². The number of anilines is 1. The highest BCUT2D eigenvalue weighted by Crippen LogP contribution is 2.24. The van der Waals surface area contributed by atoms with Crippen LogP contribution < -0.4 is 5.73 Å². The summed E-state index contributed by atoms with van der Waals surface area (Å²) < 4.78 is 2.28. The van der Waals surface area contributed by atoms with Crippen molar-refractivity contribution in [3.05, 3.63) is 28.6 Å². The van der Waals surface area contributed by atoms with Crippen molar-refractivity contribution in [1.29, 1.82) is 0 Å². The quantitative estimate of drug-likeness (QED) is 0.833. The number of rotatable bonds is 1. The van der Waals surface area contributed by atoms with Crippen LogP contribution in [-0.2, 0) is 0 Å². The van der Waals surface area contributed by atoms with Crippen LogP contribution in [0.2, 0.25) is 0 Å². The topological polar surface area (TPSA) is 69.6 Å². The van der Waals surface area contributed by atoms with Crippen molar-refractivity contribution in [2.75, 3.05) is 5.73 Å². The van der Waals surface area contributed by atoms with Gasteiger partial charge in [-0.3, -0.25) is 0 Å². The van der Waals surface area contributed by atoms with Crippen molar-refractivity contribution in [2.24, 2.45) is 0 Å². The van der Waals surface area contributed by atoms with Gasteiger partial charge in [0.1, 0.15) is 5.82 Å². The molecule has 2 N–H and O–H groups in total. The summed E-state index contributed by atoms with van der Waals surface area (Å²) >= 11 is 3.33. The largest absolute Gasteiger partial charge is 0.383 e. The first-order valence-electron chi connectivity index (χ1n) is 3.98. The number of aryl methyl sites for hydroxylation is 1. The molecular formula is C8H8BrN5. The number of halogens is 1. The zero-order valence-corrected chi connectivity index (χ0v) is 9.06. The molecule has 6 heteroatoms. The van der Waals surface area contributed by atoms with E-state index in [1.54, 1.807) is 18.5 Å². The van der Waals surface area contributed by atoms with Crippen molar-refractivity contribution >= 4 is 21.7 Å². The molecule has 2 rings (SSSR count). The van der Waals surface area contributed by atoms with Crippen LogP contribution >= 0.6 is 15.9 Å². The maximum Gasteiger partial charge on any atom is 0.252 e. The Kier molecular flexibility index (Phi) is 2.20. The zero-order valence-electron chi connectivity index (χ0n) is 7.48. The van der Waals surface area contributed by atoms with Gasteiger partial charge in [-0.25, -0.2) is 9.97 Å². The van der Waals surface area contributed by atoms with E-state index in [0.717, 1.165) is 10.2 Å². The Hall–Kier alpha value is -1.43. The SMILES string of the molecule is Cc1nn(-c2ncccn2)c(N)c1Br. The van der Waals surface area contributed by atoms with Crippen LogP contribution in [0.4, 0.5) is 5.82 Å². The fourth-order valence-electron chi connectivity index (χ4n) is 1.08. The third-order valence-electron chi connectivity index (χ3n) is 1.76. The van der Waals surface area contributed by atoms with E-state index in [1.165, 1.54) is 4.68 Å². The van der Waals surface area contributed by atoms with E-state index in [0.29, 0.717) is 11.8 Å². The van der Waals surface area contributed by atoms with Crippen molar-refractivity contribution < 1.29 is 0 Å². The van der Waals surface area contributed by atoms with E-state index in [-0.39, 0.29) is 0 Å². The second-order valence-electron chi connectivity index (χ2n) is 2.75. The van der Waals surface area contributed by atoms with E-state index >= 15 is 0 Å². The average molecular weight is 254 g/mol. The molecule has 0 bridgehead atoms. The second-order valence-corrected chi connectivity index (χ2v) is 3.54. The van der Waals surface area contributed by atoms with E-state index in [1.807, 2.05) is 6.92 Å². The monoisotopic (exact) mass is 253 g/mol. The predicted octanol–water partition coefficient (Wildman–Crippen LogP) is 1.32. The third kappa shape index (κ3) is 1.37.